The van der Waals surface area contributed by atoms with E-state index in [9.17, 15) is 10.2 Å². The summed E-state index contributed by atoms with van der Waals surface area (Å²) in [6.45, 7) is 0. The minimum atomic E-state index is -0.822. The van der Waals surface area contributed by atoms with Crippen LogP contribution in [-0.2, 0) is 0 Å². The summed E-state index contributed by atoms with van der Waals surface area (Å²) in [5.41, 5.74) is 1.25. The van der Waals surface area contributed by atoms with Gasteiger partial charge in [-0.15, -0.1) is 0 Å². The predicted octanol–water partition coefficient (Wildman–Crippen LogP) is 3.24. The van der Waals surface area contributed by atoms with Gasteiger partial charge in [-0.3, -0.25) is 0 Å². The molecule has 0 aromatic heterocycles. The Morgan fingerprint density at radius 1 is 0.938 bits per heavy atom. The minimum absolute atomic E-state index is 0.0886. The Hall–Kier alpha value is -1.32. The van der Waals surface area contributed by atoms with Gasteiger partial charge in [-0.1, -0.05) is 52.3 Å². The van der Waals surface area contributed by atoms with Crippen molar-refractivity contribution in [2.75, 3.05) is 0 Å². The maximum atomic E-state index is 10.2. The fourth-order valence-corrected chi connectivity index (χ4v) is 2.17. The molecule has 0 saturated carbocycles. The van der Waals surface area contributed by atoms with Crippen LogP contribution in [0.4, 0.5) is 0 Å². The van der Waals surface area contributed by atoms with Gasteiger partial charge in [-0.25, -0.2) is 0 Å². The van der Waals surface area contributed by atoms with E-state index in [1.165, 1.54) is 0 Å². The van der Waals surface area contributed by atoms with Crippen molar-refractivity contribution in [3.05, 3.63) is 64.1 Å². The van der Waals surface area contributed by atoms with E-state index in [0.717, 1.165) is 5.56 Å². The highest BCUT2D eigenvalue weighted by Crippen LogP contribution is 2.34. The van der Waals surface area contributed by atoms with Gasteiger partial charge in [0, 0.05) is 10.0 Å². The number of aliphatic hydroxyl groups excluding tert-OH is 1. The van der Waals surface area contributed by atoms with Gasteiger partial charge < -0.3 is 10.2 Å². The third kappa shape index (κ3) is 2.10. The molecule has 1 unspecified atom stereocenters. The van der Waals surface area contributed by atoms with E-state index in [2.05, 4.69) is 15.9 Å². The van der Waals surface area contributed by atoms with Crippen LogP contribution in [0.15, 0.2) is 53.0 Å². The summed E-state index contributed by atoms with van der Waals surface area (Å²) in [6, 6.07) is 14.3. The maximum absolute atomic E-state index is 10.2. The molecule has 0 spiro atoms. The SMILES string of the molecule is Oc1cccc(Br)c1C(O)c1ccccc1. The number of hydrogen-bond acceptors (Lipinski definition) is 2. The maximum Gasteiger partial charge on any atom is 0.122 e. The Balaban J connectivity index is 2.46. The molecule has 0 amide bonds. The lowest BCUT2D eigenvalue weighted by molar-refractivity contribution is 0.214. The van der Waals surface area contributed by atoms with Crippen LogP contribution in [0.3, 0.4) is 0 Å². The first kappa shape index (κ1) is 11.2. The second-order valence-electron chi connectivity index (χ2n) is 3.49. The minimum Gasteiger partial charge on any atom is -0.508 e. The first-order valence-corrected chi connectivity index (χ1v) is 5.70. The quantitative estimate of drug-likeness (QED) is 0.886. The Bertz CT molecular complexity index is 462. The van der Waals surface area contributed by atoms with Gasteiger partial charge in [0.15, 0.2) is 0 Å². The average Bonchev–Trinajstić information content (AvgIpc) is 2.30. The highest BCUT2D eigenvalue weighted by atomic mass is 79.9. The first-order valence-electron chi connectivity index (χ1n) is 4.90. The van der Waals surface area contributed by atoms with Gasteiger partial charge in [-0.05, 0) is 17.7 Å². The van der Waals surface area contributed by atoms with Gasteiger partial charge in [-0.2, -0.15) is 0 Å². The monoisotopic (exact) mass is 278 g/mol. The molecule has 0 saturated heterocycles. The third-order valence-electron chi connectivity index (χ3n) is 2.42. The van der Waals surface area contributed by atoms with Crippen LogP contribution < -0.4 is 0 Å². The molecule has 2 aromatic carbocycles. The summed E-state index contributed by atoms with van der Waals surface area (Å²) in [5, 5.41) is 19.9. The topological polar surface area (TPSA) is 40.5 Å². The van der Waals surface area contributed by atoms with Crippen LogP contribution in [0.5, 0.6) is 5.75 Å². The molecule has 2 N–H and O–H groups in total. The molecule has 3 heteroatoms. The van der Waals surface area contributed by atoms with E-state index in [-0.39, 0.29) is 5.75 Å². The molecular formula is C13H11BrO2. The molecular weight excluding hydrogens is 268 g/mol. The van der Waals surface area contributed by atoms with Crippen molar-refractivity contribution in [1.82, 2.24) is 0 Å². The fraction of sp³-hybridized carbons (Fsp3) is 0.0769. The molecule has 0 aliphatic carbocycles. The predicted molar refractivity (Wildman–Crippen MR) is 66.3 cm³/mol. The van der Waals surface area contributed by atoms with E-state index in [1.54, 1.807) is 18.2 Å². The molecule has 2 aromatic rings. The Morgan fingerprint density at radius 3 is 2.25 bits per heavy atom. The van der Waals surface area contributed by atoms with E-state index in [4.69, 9.17) is 0 Å². The van der Waals surface area contributed by atoms with Crippen molar-refractivity contribution >= 4 is 15.9 Å². The molecule has 0 aliphatic rings. The number of benzene rings is 2. The standard InChI is InChI=1S/C13H11BrO2/c14-10-7-4-8-11(15)12(10)13(16)9-5-2-1-3-6-9/h1-8,13,15-16H. The van der Waals surface area contributed by atoms with E-state index >= 15 is 0 Å². The number of hydrogen-bond donors (Lipinski definition) is 2. The summed E-state index contributed by atoms with van der Waals surface area (Å²) in [6.07, 6.45) is -0.822. The summed E-state index contributed by atoms with van der Waals surface area (Å²) >= 11 is 3.32. The number of phenols is 1. The number of phenolic OH excluding ortho intramolecular Hbond substituents is 1. The second kappa shape index (κ2) is 4.68. The van der Waals surface area contributed by atoms with Crippen molar-refractivity contribution in [2.45, 2.75) is 6.10 Å². The first-order chi connectivity index (χ1) is 7.70. The largest absolute Gasteiger partial charge is 0.508 e. The lowest BCUT2D eigenvalue weighted by Crippen LogP contribution is -2.00. The zero-order chi connectivity index (χ0) is 11.5. The molecule has 0 fully saturated rings. The Morgan fingerprint density at radius 2 is 1.62 bits per heavy atom. The summed E-state index contributed by atoms with van der Waals surface area (Å²) in [5.74, 6) is 0.0886. The Kier molecular flexibility index (Phi) is 3.27. The molecule has 1 atom stereocenters. The van der Waals surface area contributed by atoms with E-state index in [1.807, 2.05) is 30.3 Å². The fourth-order valence-electron chi connectivity index (χ4n) is 1.60. The molecule has 0 radical (unpaired) electrons. The van der Waals surface area contributed by atoms with Crippen molar-refractivity contribution in [3.63, 3.8) is 0 Å². The molecule has 82 valence electrons. The Labute approximate surface area is 102 Å². The molecule has 0 heterocycles. The molecule has 0 bridgehead atoms. The van der Waals surface area contributed by atoms with Crippen molar-refractivity contribution < 1.29 is 10.2 Å². The van der Waals surface area contributed by atoms with Gasteiger partial charge in [0.2, 0.25) is 0 Å². The smallest absolute Gasteiger partial charge is 0.122 e. The average molecular weight is 279 g/mol. The summed E-state index contributed by atoms with van der Waals surface area (Å²) in [4.78, 5) is 0. The van der Waals surface area contributed by atoms with Crippen LogP contribution in [0.2, 0.25) is 0 Å². The van der Waals surface area contributed by atoms with Crippen LogP contribution in [0, 0.1) is 0 Å². The molecule has 2 rings (SSSR count). The lowest BCUT2D eigenvalue weighted by atomic mass is 10.0. The number of halogens is 1. The summed E-state index contributed by atoms with van der Waals surface area (Å²) < 4.78 is 0.698. The van der Waals surface area contributed by atoms with Gasteiger partial charge in [0.1, 0.15) is 11.9 Å². The highest BCUT2D eigenvalue weighted by molar-refractivity contribution is 9.10. The van der Waals surface area contributed by atoms with E-state index in [0.29, 0.717) is 10.0 Å². The zero-order valence-corrected chi connectivity index (χ0v) is 10.1. The van der Waals surface area contributed by atoms with Crippen molar-refractivity contribution in [1.29, 1.82) is 0 Å². The highest BCUT2D eigenvalue weighted by Gasteiger charge is 2.16. The zero-order valence-electron chi connectivity index (χ0n) is 8.47. The summed E-state index contributed by atoms with van der Waals surface area (Å²) in [7, 11) is 0. The molecule has 0 aliphatic heterocycles. The van der Waals surface area contributed by atoms with Crippen LogP contribution in [0.25, 0.3) is 0 Å². The number of aromatic hydroxyl groups is 1. The second-order valence-corrected chi connectivity index (χ2v) is 4.34. The van der Waals surface area contributed by atoms with Gasteiger partial charge >= 0.3 is 0 Å². The van der Waals surface area contributed by atoms with Crippen LogP contribution in [-0.4, -0.2) is 10.2 Å². The van der Waals surface area contributed by atoms with Crippen molar-refractivity contribution in [2.24, 2.45) is 0 Å². The molecule has 2 nitrogen and oxygen atoms in total. The van der Waals surface area contributed by atoms with Gasteiger partial charge in [0.25, 0.3) is 0 Å². The van der Waals surface area contributed by atoms with Crippen LogP contribution in [0.1, 0.15) is 17.2 Å². The van der Waals surface area contributed by atoms with E-state index < -0.39 is 6.10 Å². The van der Waals surface area contributed by atoms with Crippen LogP contribution >= 0.6 is 15.9 Å². The third-order valence-corrected chi connectivity index (χ3v) is 3.11. The number of aliphatic hydroxyl groups is 1. The lowest BCUT2D eigenvalue weighted by Gasteiger charge is -2.14. The van der Waals surface area contributed by atoms with Gasteiger partial charge in [0.05, 0.1) is 0 Å². The number of rotatable bonds is 2. The van der Waals surface area contributed by atoms with Crippen molar-refractivity contribution in [3.8, 4) is 5.75 Å². The molecule has 16 heavy (non-hydrogen) atoms. The normalized spacial score (nSPS) is 12.4.